The first kappa shape index (κ1) is 11.2. The Morgan fingerprint density at radius 1 is 1.71 bits per heavy atom. The van der Waals surface area contributed by atoms with E-state index < -0.39 is 0 Å². The zero-order valence-electron chi connectivity index (χ0n) is 8.87. The summed E-state index contributed by atoms with van der Waals surface area (Å²) in [5, 5.41) is 4.47. The van der Waals surface area contributed by atoms with Crippen molar-refractivity contribution in [3.63, 3.8) is 0 Å². The average Bonchev–Trinajstić information content (AvgIpc) is 2.61. The summed E-state index contributed by atoms with van der Waals surface area (Å²) in [5.74, 6) is 2.72. The van der Waals surface area contributed by atoms with Crippen LogP contribution in [0.2, 0.25) is 0 Å². The van der Waals surface area contributed by atoms with Crippen LogP contribution in [0.25, 0.3) is 0 Å². The molecule has 0 saturated heterocycles. The highest BCUT2D eigenvalue weighted by molar-refractivity contribution is 7.11. The first-order valence-corrected chi connectivity index (χ1v) is 5.63. The van der Waals surface area contributed by atoms with Crippen LogP contribution in [0.1, 0.15) is 36.2 Å². The lowest BCUT2D eigenvalue weighted by Crippen LogP contribution is -2.29. The number of aromatic nitrogens is 1. The number of hydrogen-bond acceptors (Lipinski definition) is 3. The van der Waals surface area contributed by atoms with E-state index in [0.717, 1.165) is 11.4 Å². The minimum atomic E-state index is 0.147. The number of terminal acetylenes is 1. The monoisotopic (exact) mass is 208 g/mol. The van der Waals surface area contributed by atoms with Gasteiger partial charge in [0.2, 0.25) is 0 Å². The number of hydrogen-bond donors (Lipinski definition) is 1. The van der Waals surface area contributed by atoms with Crippen molar-refractivity contribution < 1.29 is 0 Å². The molecule has 0 radical (unpaired) electrons. The molecule has 0 aliphatic rings. The van der Waals surface area contributed by atoms with E-state index in [9.17, 15) is 0 Å². The zero-order chi connectivity index (χ0) is 10.6. The van der Waals surface area contributed by atoms with Gasteiger partial charge >= 0.3 is 0 Å². The molecule has 0 spiro atoms. The molecule has 0 saturated carbocycles. The third-order valence-electron chi connectivity index (χ3n) is 2.07. The molecular formula is C11H16N2S. The van der Waals surface area contributed by atoms with Crippen LogP contribution in [-0.4, -0.2) is 11.0 Å². The van der Waals surface area contributed by atoms with Crippen LogP contribution in [0.3, 0.4) is 0 Å². The van der Waals surface area contributed by atoms with Gasteiger partial charge in [-0.1, -0.05) is 12.8 Å². The Kier molecular flexibility index (Phi) is 4.12. The van der Waals surface area contributed by atoms with Crippen molar-refractivity contribution in [2.45, 2.75) is 39.3 Å². The van der Waals surface area contributed by atoms with Gasteiger partial charge in [0.15, 0.2) is 0 Å². The van der Waals surface area contributed by atoms with E-state index in [0.29, 0.717) is 0 Å². The summed E-state index contributed by atoms with van der Waals surface area (Å²) in [7, 11) is 0. The van der Waals surface area contributed by atoms with E-state index >= 15 is 0 Å². The van der Waals surface area contributed by atoms with Gasteiger partial charge in [-0.05, 0) is 20.3 Å². The maximum Gasteiger partial charge on any atom is 0.109 e. The highest BCUT2D eigenvalue weighted by Crippen LogP contribution is 2.19. The normalized spacial score (nSPS) is 14.7. The number of rotatable bonds is 4. The third-order valence-corrected chi connectivity index (χ3v) is 3.17. The standard InChI is InChI=1S/C11H16N2S/c1-5-10(6-2)13-9(4)11-12-7-8(3)14-11/h1,7,9-10,13H,6H2,2-4H3. The molecule has 76 valence electrons. The molecule has 0 aromatic carbocycles. The van der Waals surface area contributed by atoms with Crippen molar-refractivity contribution in [2.75, 3.05) is 0 Å². The lowest BCUT2D eigenvalue weighted by atomic mass is 10.2. The minimum absolute atomic E-state index is 0.147. The summed E-state index contributed by atoms with van der Waals surface area (Å²) in [5.41, 5.74) is 0. The molecule has 3 heteroatoms. The highest BCUT2D eigenvalue weighted by atomic mass is 32.1. The van der Waals surface area contributed by atoms with E-state index in [1.807, 2.05) is 6.20 Å². The number of thiazole rings is 1. The number of aryl methyl sites for hydroxylation is 1. The quantitative estimate of drug-likeness (QED) is 0.769. The molecule has 1 aromatic heterocycles. The molecule has 1 heterocycles. The molecule has 14 heavy (non-hydrogen) atoms. The molecule has 1 N–H and O–H groups in total. The number of nitrogens with zero attached hydrogens (tertiary/aromatic N) is 1. The third kappa shape index (κ3) is 2.83. The van der Waals surface area contributed by atoms with Crippen molar-refractivity contribution >= 4 is 11.3 Å². The first-order valence-electron chi connectivity index (χ1n) is 4.81. The van der Waals surface area contributed by atoms with Gasteiger partial charge < -0.3 is 0 Å². The summed E-state index contributed by atoms with van der Waals surface area (Å²) >= 11 is 1.72. The molecule has 0 bridgehead atoms. The van der Waals surface area contributed by atoms with E-state index in [4.69, 9.17) is 6.42 Å². The Balaban J connectivity index is 2.58. The SMILES string of the molecule is C#CC(CC)NC(C)c1ncc(C)s1. The Morgan fingerprint density at radius 3 is 2.86 bits per heavy atom. The van der Waals surface area contributed by atoms with Gasteiger partial charge in [-0.3, -0.25) is 5.32 Å². The van der Waals surface area contributed by atoms with Crippen molar-refractivity contribution in [2.24, 2.45) is 0 Å². The van der Waals surface area contributed by atoms with Crippen molar-refractivity contribution in [3.05, 3.63) is 16.1 Å². The molecule has 0 fully saturated rings. The van der Waals surface area contributed by atoms with Crippen LogP contribution in [0, 0.1) is 19.3 Å². The van der Waals surface area contributed by atoms with Crippen LogP contribution in [0.4, 0.5) is 0 Å². The number of nitrogens with one attached hydrogen (secondary N) is 1. The van der Waals surface area contributed by atoms with Gasteiger partial charge in [-0.2, -0.15) is 0 Å². The van der Waals surface area contributed by atoms with Gasteiger partial charge in [-0.15, -0.1) is 17.8 Å². The smallest absolute Gasteiger partial charge is 0.109 e. The molecule has 0 amide bonds. The van der Waals surface area contributed by atoms with Crippen LogP contribution in [-0.2, 0) is 0 Å². The summed E-state index contributed by atoms with van der Waals surface area (Å²) in [6.07, 6.45) is 8.23. The second-order valence-corrected chi connectivity index (χ2v) is 4.59. The van der Waals surface area contributed by atoms with E-state index in [1.165, 1.54) is 4.88 Å². The van der Waals surface area contributed by atoms with Crippen LogP contribution in [0.5, 0.6) is 0 Å². The Labute approximate surface area is 89.8 Å². The van der Waals surface area contributed by atoms with Crippen molar-refractivity contribution in [1.82, 2.24) is 10.3 Å². The molecule has 0 aliphatic carbocycles. The second-order valence-electron chi connectivity index (χ2n) is 3.33. The summed E-state index contributed by atoms with van der Waals surface area (Å²) in [6.45, 7) is 6.24. The topological polar surface area (TPSA) is 24.9 Å². The van der Waals surface area contributed by atoms with Crippen LogP contribution < -0.4 is 5.32 Å². The van der Waals surface area contributed by atoms with Gasteiger partial charge in [0, 0.05) is 11.1 Å². The molecule has 1 rings (SSSR count). The molecule has 0 aliphatic heterocycles. The molecule has 2 unspecified atom stereocenters. The molecule has 2 nitrogen and oxygen atoms in total. The summed E-state index contributed by atoms with van der Waals surface area (Å²) < 4.78 is 0. The fourth-order valence-corrected chi connectivity index (χ4v) is 2.01. The zero-order valence-corrected chi connectivity index (χ0v) is 9.69. The molecular weight excluding hydrogens is 192 g/mol. The predicted octanol–water partition coefficient (Wildman–Crippen LogP) is 2.51. The molecule has 1 aromatic rings. The molecule has 2 atom stereocenters. The summed E-state index contributed by atoms with van der Waals surface area (Å²) in [4.78, 5) is 5.56. The Bertz CT molecular complexity index is 324. The maximum absolute atomic E-state index is 5.39. The van der Waals surface area contributed by atoms with E-state index in [2.05, 4.69) is 37.0 Å². The van der Waals surface area contributed by atoms with Gasteiger partial charge in [-0.25, -0.2) is 4.98 Å². The van der Waals surface area contributed by atoms with Crippen LogP contribution >= 0.6 is 11.3 Å². The first-order chi connectivity index (χ1) is 6.67. The van der Waals surface area contributed by atoms with Gasteiger partial charge in [0.05, 0.1) is 12.1 Å². The van der Waals surface area contributed by atoms with Crippen molar-refractivity contribution in [3.8, 4) is 12.3 Å². The van der Waals surface area contributed by atoms with Crippen molar-refractivity contribution in [1.29, 1.82) is 0 Å². The maximum atomic E-state index is 5.39. The van der Waals surface area contributed by atoms with E-state index in [-0.39, 0.29) is 12.1 Å². The van der Waals surface area contributed by atoms with Gasteiger partial charge in [0.1, 0.15) is 5.01 Å². The largest absolute Gasteiger partial charge is 0.295 e. The minimum Gasteiger partial charge on any atom is -0.295 e. The lowest BCUT2D eigenvalue weighted by Gasteiger charge is -2.15. The van der Waals surface area contributed by atoms with E-state index in [1.54, 1.807) is 11.3 Å². The lowest BCUT2D eigenvalue weighted by molar-refractivity contribution is 0.510. The van der Waals surface area contributed by atoms with Crippen LogP contribution in [0.15, 0.2) is 6.20 Å². The summed E-state index contributed by atoms with van der Waals surface area (Å²) in [6, 6.07) is 0.393. The Morgan fingerprint density at radius 2 is 2.43 bits per heavy atom. The fourth-order valence-electron chi connectivity index (χ4n) is 1.23. The average molecular weight is 208 g/mol. The Hall–Kier alpha value is -0.850. The van der Waals surface area contributed by atoms with Gasteiger partial charge in [0.25, 0.3) is 0 Å². The predicted molar refractivity (Wildman–Crippen MR) is 61.3 cm³/mol. The second kappa shape index (κ2) is 5.14. The highest BCUT2D eigenvalue weighted by Gasteiger charge is 2.12. The fraction of sp³-hybridized carbons (Fsp3) is 0.545.